The van der Waals surface area contributed by atoms with Crippen LogP contribution in [-0.4, -0.2) is 60.5 Å². The molecule has 3 heterocycles. The summed E-state index contributed by atoms with van der Waals surface area (Å²) >= 11 is 1.73. The van der Waals surface area contributed by atoms with Crippen LogP contribution in [0.3, 0.4) is 0 Å². The lowest BCUT2D eigenvalue weighted by Gasteiger charge is -2.32. The van der Waals surface area contributed by atoms with Crippen molar-refractivity contribution >= 4 is 17.7 Å². The Morgan fingerprint density at radius 2 is 2.04 bits per heavy atom. The second-order valence-electron chi connectivity index (χ2n) is 7.18. The first-order valence-electron chi connectivity index (χ1n) is 9.44. The summed E-state index contributed by atoms with van der Waals surface area (Å²) in [4.78, 5) is 14.3. The van der Waals surface area contributed by atoms with Crippen LogP contribution in [0.5, 0.6) is 0 Å². The zero-order valence-corrected chi connectivity index (χ0v) is 16.1. The number of thioether (sulfide) groups is 1. The topological polar surface area (TPSA) is 68.8 Å². The number of nitrogens with zero attached hydrogens (tertiary/aromatic N) is 6. The Labute approximate surface area is 158 Å². The molecule has 1 aliphatic heterocycles. The molecule has 0 spiro atoms. The molecule has 1 saturated heterocycles. The van der Waals surface area contributed by atoms with Crippen molar-refractivity contribution in [1.82, 2.24) is 29.4 Å². The van der Waals surface area contributed by atoms with Gasteiger partial charge in [0.1, 0.15) is 12.4 Å². The maximum absolute atomic E-state index is 12.2. The molecule has 2 aromatic rings. The number of hydrogen-bond donors (Lipinski definition) is 0. The fourth-order valence-corrected chi connectivity index (χ4v) is 4.11. The molecule has 1 saturated carbocycles. The molecule has 2 aromatic heterocycles. The van der Waals surface area contributed by atoms with Gasteiger partial charge in [0.05, 0.1) is 0 Å². The molecule has 4 rings (SSSR count). The predicted octanol–water partition coefficient (Wildman–Crippen LogP) is 2.32. The molecule has 140 valence electrons. The Morgan fingerprint density at radius 3 is 2.69 bits per heavy atom. The Kier molecular flexibility index (Phi) is 5.28. The van der Waals surface area contributed by atoms with E-state index in [-0.39, 0.29) is 0 Å². The molecule has 0 aromatic carbocycles. The highest BCUT2D eigenvalue weighted by atomic mass is 32.2. The first-order valence-corrected chi connectivity index (χ1v) is 10.8. The van der Waals surface area contributed by atoms with Crippen molar-refractivity contribution in [2.45, 2.75) is 50.6 Å². The van der Waals surface area contributed by atoms with Crippen LogP contribution in [-0.2, 0) is 11.3 Å². The third-order valence-corrected chi connectivity index (χ3v) is 5.91. The van der Waals surface area contributed by atoms with Crippen molar-refractivity contribution in [3.63, 3.8) is 0 Å². The molecule has 1 amide bonds. The highest BCUT2D eigenvalue weighted by molar-refractivity contribution is 7.98. The highest BCUT2D eigenvalue weighted by Gasteiger charge is 2.34. The largest absolute Gasteiger partial charge is 0.343 e. The highest BCUT2D eigenvalue weighted by Crippen LogP contribution is 2.40. The lowest BCUT2D eigenvalue weighted by molar-refractivity contribution is -0.131. The average Bonchev–Trinajstić information content (AvgIpc) is 3.21. The number of aromatic nitrogens is 5. The first-order chi connectivity index (χ1) is 12.8. The number of piperidine rings is 1. The number of carbonyl (C=O) groups excluding carboxylic acids is 1. The van der Waals surface area contributed by atoms with Gasteiger partial charge in [0.2, 0.25) is 5.91 Å². The molecule has 8 heteroatoms. The van der Waals surface area contributed by atoms with Crippen LogP contribution in [0.25, 0.3) is 0 Å². The Morgan fingerprint density at radius 1 is 1.23 bits per heavy atom. The van der Waals surface area contributed by atoms with E-state index < -0.39 is 0 Å². The average molecular weight is 375 g/mol. The predicted molar refractivity (Wildman–Crippen MR) is 101 cm³/mol. The lowest BCUT2D eigenvalue weighted by atomic mass is 9.95. The smallest absolute Gasteiger partial charge is 0.223 e. The SMILES string of the molecule is CSCCC(=O)N1CCC(c2nnc(Cn3cccn3)n2C2CC2)CC1. The molecule has 7 nitrogen and oxygen atoms in total. The van der Waals surface area contributed by atoms with Gasteiger partial charge in [-0.15, -0.1) is 10.2 Å². The van der Waals surface area contributed by atoms with Crippen molar-refractivity contribution in [3.8, 4) is 0 Å². The van der Waals surface area contributed by atoms with E-state index in [2.05, 4.69) is 19.9 Å². The van der Waals surface area contributed by atoms with E-state index >= 15 is 0 Å². The lowest BCUT2D eigenvalue weighted by Crippen LogP contribution is -2.38. The van der Waals surface area contributed by atoms with E-state index in [4.69, 9.17) is 0 Å². The van der Waals surface area contributed by atoms with Crippen LogP contribution in [0.4, 0.5) is 0 Å². The second kappa shape index (κ2) is 7.82. The van der Waals surface area contributed by atoms with E-state index in [1.807, 2.05) is 28.1 Å². The van der Waals surface area contributed by atoms with Crippen LogP contribution in [0.1, 0.15) is 55.7 Å². The van der Waals surface area contributed by atoms with Gasteiger partial charge in [-0.2, -0.15) is 16.9 Å². The van der Waals surface area contributed by atoms with Gasteiger partial charge in [-0.3, -0.25) is 9.48 Å². The van der Waals surface area contributed by atoms with Gasteiger partial charge in [0.15, 0.2) is 5.82 Å². The molecule has 1 aliphatic carbocycles. The summed E-state index contributed by atoms with van der Waals surface area (Å²) in [7, 11) is 0. The van der Waals surface area contributed by atoms with Crippen LogP contribution in [0, 0.1) is 0 Å². The summed E-state index contributed by atoms with van der Waals surface area (Å²) in [6.45, 7) is 2.34. The minimum Gasteiger partial charge on any atom is -0.343 e. The monoisotopic (exact) mass is 374 g/mol. The molecule has 0 bridgehead atoms. The number of hydrogen-bond acceptors (Lipinski definition) is 5. The molecule has 0 radical (unpaired) electrons. The van der Waals surface area contributed by atoms with Crippen molar-refractivity contribution in [1.29, 1.82) is 0 Å². The second-order valence-corrected chi connectivity index (χ2v) is 8.16. The molecular formula is C18H26N6OS. The molecule has 26 heavy (non-hydrogen) atoms. The van der Waals surface area contributed by atoms with E-state index in [0.717, 1.165) is 43.3 Å². The zero-order valence-electron chi connectivity index (χ0n) is 15.3. The third-order valence-electron chi connectivity index (χ3n) is 5.30. The summed E-state index contributed by atoms with van der Waals surface area (Å²) in [5.74, 6) is 3.72. The molecule has 0 N–H and O–H groups in total. The maximum Gasteiger partial charge on any atom is 0.223 e. The van der Waals surface area contributed by atoms with Gasteiger partial charge in [0.25, 0.3) is 0 Å². The minimum absolute atomic E-state index is 0.292. The van der Waals surface area contributed by atoms with Crippen LogP contribution in [0.2, 0.25) is 0 Å². The Hall–Kier alpha value is -1.83. The van der Waals surface area contributed by atoms with Crippen molar-refractivity contribution in [2.24, 2.45) is 0 Å². The van der Waals surface area contributed by atoms with Gasteiger partial charge in [0, 0.05) is 49.6 Å². The number of rotatable bonds is 7. The summed E-state index contributed by atoms with van der Waals surface area (Å²) < 4.78 is 4.26. The van der Waals surface area contributed by atoms with Crippen LogP contribution < -0.4 is 0 Å². The number of amides is 1. The Balaban J connectivity index is 1.44. The van der Waals surface area contributed by atoms with Gasteiger partial charge >= 0.3 is 0 Å². The molecule has 0 unspecified atom stereocenters. The van der Waals surface area contributed by atoms with E-state index in [1.54, 1.807) is 18.0 Å². The minimum atomic E-state index is 0.292. The Bertz CT molecular complexity index is 731. The van der Waals surface area contributed by atoms with Crippen LogP contribution >= 0.6 is 11.8 Å². The number of likely N-dealkylation sites (tertiary alicyclic amines) is 1. The van der Waals surface area contributed by atoms with E-state index in [1.165, 1.54) is 12.8 Å². The van der Waals surface area contributed by atoms with Gasteiger partial charge in [-0.25, -0.2) is 0 Å². The number of carbonyl (C=O) groups is 1. The quantitative estimate of drug-likeness (QED) is 0.744. The fraction of sp³-hybridized carbons (Fsp3) is 0.667. The zero-order chi connectivity index (χ0) is 17.9. The van der Waals surface area contributed by atoms with Crippen LogP contribution in [0.15, 0.2) is 18.5 Å². The first kappa shape index (κ1) is 17.6. The molecule has 0 atom stereocenters. The van der Waals surface area contributed by atoms with E-state index in [0.29, 0.717) is 30.8 Å². The van der Waals surface area contributed by atoms with Crippen molar-refractivity contribution < 1.29 is 4.79 Å². The summed E-state index contributed by atoms with van der Waals surface area (Å²) in [6, 6.07) is 2.48. The molecule has 2 aliphatic rings. The van der Waals surface area contributed by atoms with Crippen molar-refractivity contribution in [3.05, 3.63) is 30.1 Å². The van der Waals surface area contributed by atoms with Gasteiger partial charge in [-0.05, 0) is 38.0 Å². The fourth-order valence-electron chi connectivity index (χ4n) is 3.73. The third kappa shape index (κ3) is 3.79. The van der Waals surface area contributed by atoms with Gasteiger partial charge < -0.3 is 9.47 Å². The maximum atomic E-state index is 12.2. The standard InChI is InChI=1S/C18H26N6OS/c1-26-12-7-17(25)22-10-5-14(6-11-22)18-21-20-16(24(18)15-3-4-15)13-23-9-2-8-19-23/h2,8-9,14-15H,3-7,10-13H2,1H3. The van der Waals surface area contributed by atoms with Gasteiger partial charge in [-0.1, -0.05) is 0 Å². The normalized spacial score (nSPS) is 18.4. The van der Waals surface area contributed by atoms with Crippen molar-refractivity contribution in [2.75, 3.05) is 25.1 Å². The summed E-state index contributed by atoms with van der Waals surface area (Å²) in [5, 5.41) is 13.4. The van der Waals surface area contributed by atoms with E-state index in [9.17, 15) is 4.79 Å². The summed E-state index contributed by atoms with van der Waals surface area (Å²) in [5.41, 5.74) is 0. The summed E-state index contributed by atoms with van der Waals surface area (Å²) in [6.07, 6.45) is 10.8. The molecular weight excluding hydrogens is 348 g/mol. The molecule has 2 fully saturated rings.